The lowest BCUT2D eigenvalue weighted by atomic mass is 9.75. The Morgan fingerprint density at radius 2 is 2.25 bits per heavy atom. The Labute approximate surface area is 96.3 Å². The van der Waals surface area contributed by atoms with Crippen LogP contribution in [0.5, 0.6) is 0 Å². The lowest BCUT2D eigenvalue weighted by molar-refractivity contribution is -0.137. The van der Waals surface area contributed by atoms with Crippen molar-refractivity contribution in [1.29, 1.82) is 0 Å². The van der Waals surface area contributed by atoms with Crippen LogP contribution in [0.1, 0.15) is 42.4 Å². The van der Waals surface area contributed by atoms with Crippen LogP contribution in [0.25, 0.3) is 0 Å². The highest BCUT2D eigenvalue weighted by atomic mass is 16.4. The Bertz CT molecular complexity index is 409. The molecule has 2 nitrogen and oxygen atoms in total. The number of fused-ring (bicyclic) bond motifs is 1. The van der Waals surface area contributed by atoms with E-state index in [1.165, 1.54) is 16.7 Å². The van der Waals surface area contributed by atoms with Gasteiger partial charge >= 0.3 is 5.97 Å². The number of benzene rings is 1. The van der Waals surface area contributed by atoms with Gasteiger partial charge in [-0.3, -0.25) is 4.79 Å². The second-order valence-electron chi connectivity index (χ2n) is 4.98. The highest BCUT2D eigenvalue weighted by Crippen LogP contribution is 2.38. The van der Waals surface area contributed by atoms with E-state index in [1.807, 2.05) is 6.07 Å². The Balaban J connectivity index is 2.38. The first kappa shape index (κ1) is 11.2. The van der Waals surface area contributed by atoms with Crippen LogP contribution < -0.4 is 0 Å². The summed E-state index contributed by atoms with van der Waals surface area (Å²) in [6.07, 6.45) is 2.36. The van der Waals surface area contributed by atoms with Crippen LogP contribution in [-0.2, 0) is 11.2 Å². The topological polar surface area (TPSA) is 37.3 Å². The molecule has 2 atom stereocenters. The van der Waals surface area contributed by atoms with E-state index >= 15 is 0 Å². The largest absolute Gasteiger partial charge is 0.481 e. The maximum atomic E-state index is 10.9. The molecule has 16 heavy (non-hydrogen) atoms. The molecule has 0 amide bonds. The van der Waals surface area contributed by atoms with E-state index in [9.17, 15) is 4.79 Å². The summed E-state index contributed by atoms with van der Waals surface area (Å²) in [6, 6.07) is 6.26. The SMILES string of the molecule is Cc1cccc2c1CC(C)CC2CC(=O)O. The van der Waals surface area contributed by atoms with Crippen molar-refractivity contribution in [2.24, 2.45) is 5.92 Å². The molecular formula is C14H18O2. The van der Waals surface area contributed by atoms with E-state index < -0.39 is 5.97 Å². The molecule has 0 aliphatic heterocycles. The molecule has 2 unspecified atom stereocenters. The smallest absolute Gasteiger partial charge is 0.303 e. The number of carboxylic acids is 1. The number of aryl methyl sites for hydroxylation is 1. The lowest BCUT2D eigenvalue weighted by Gasteiger charge is -2.30. The fourth-order valence-corrected chi connectivity index (χ4v) is 2.83. The van der Waals surface area contributed by atoms with Crippen molar-refractivity contribution in [3.05, 3.63) is 34.9 Å². The first-order valence-corrected chi connectivity index (χ1v) is 5.88. The van der Waals surface area contributed by atoms with E-state index in [0.29, 0.717) is 5.92 Å². The van der Waals surface area contributed by atoms with E-state index in [4.69, 9.17) is 5.11 Å². The molecule has 0 fully saturated rings. The quantitative estimate of drug-likeness (QED) is 0.828. The molecule has 0 heterocycles. The van der Waals surface area contributed by atoms with Gasteiger partial charge < -0.3 is 5.11 Å². The monoisotopic (exact) mass is 218 g/mol. The first-order valence-electron chi connectivity index (χ1n) is 5.88. The van der Waals surface area contributed by atoms with E-state index in [0.717, 1.165) is 12.8 Å². The van der Waals surface area contributed by atoms with Crippen LogP contribution in [0.3, 0.4) is 0 Å². The van der Waals surface area contributed by atoms with Crippen molar-refractivity contribution in [1.82, 2.24) is 0 Å². The summed E-state index contributed by atoms with van der Waals surface area (Å²) < 4.78 is 0. The number of rotatable bonds is 2. The molecule has 2 heteroatoms. The zero-order valence-corrected chi connectivity index (χ0v) is 9.86. The van der Waals surface area contributed by atoms with Gasteiger partial charge in [0.05, 0.1) is 6.42 Å². The van der Waals surface area contributed by atoms with Gasteiger partial charge in [0.2, 0.25) is 0 Å². The maximum absolute atomic E-state index is 10.9. The average molecular weight is 218 g/mol. The van der Waals surface area contributed by atoms with E-state index in [2.05, 4.69) is 26.0 Å². The summed E-state index contributed by atoms with van der Waals surface area (Å²) in [7, 11) is 0. The van der Waals surface area contributed by atoms with Gasteiger partial charge in [0.15, 0.2) is 0 Å². The highest BCUT2D eigenvalue weighted by molar-refractivity contribution is 5.68. The van der Waals surface area contributed by atoms with E-state index in [-0.39, 0.29) is 12.3 Å². The molecule has 0 radical (unpaired) electrons. The predicted octanol–water partition coefficient (Wildman–Crippen LogP) is 3.14. The van der Waals surface area contributed by atoms with Crippen molar-refractivity contribution in [2.75, 3.05) is 0 Å². The molecule has 0 saturated heterocycles. The minimum absolute atomic E-state index is 0.205. The van der Waals surface area contributed by atoms with Crippen molar-refractivity contribution in [3.8, 4) is 0 Å². The van der Waals surface area contributed by atoms with Gasteiger partial charge in [0, 0.05) is 0 Å². The van der Waals surface area contributed by atoms with Crippen LogP contribution in [-0.4, -0.2) is 11.1 Å². The second-order valence-corrected chi connectivity index (χ2v) is 4.98. The molecule has 0 spiro atoms. The molecule has 0 aromatic heterocycles. The highest BCUT2D eigenvalue weighted by Gasteiger charge is 2.26. The van der Waals surface area contributed by atoms with Crippen molar-refractivity contribution < 1.29 is 9.90 Å². The standard InChI is InChI=1S/C14H18O2/c1-9-6-11(8-14(15)16)12-5-3-4-10(2)13(12)7-9/h3-5,9,11H,6-8H2,1-2H3,(H,15,16). The average Bonchev–Trinajstić information content (AvgIpc) is 2.18. The Kier molecular flexibility index (Phi) is 2.99. The van der Waals surface area contributed by atoms with Crippen LogP contribution in [0.4, 0.5) is 0 Å². The Hall–Kier alpha value is -1.31. The Morgan fingerprint density at radius 1 is 1.50 bits per heavy atom. The summed E-state index contributed by atoms with van der Waals surface area (Å²) in [5, 5.41) is 8.95. The minimum atomic E-state index is -0.688. The van der Waals surface area contributed by atoms with Crippen LogP contribution in [0.2, 0.25) is 0 Å². The minimum Gasteiger partial charge on any atom is -0.481 e. The van der Waals surface area contributed by atoms with Gasteiger partial charge in [-0.25, -0.2) is 0 Å². The molecule has 0 saturated carbocycles. The molecule has 1 aliphatic carbocycles. The fraction of sp³-hybridized carbons (Fsp3) is 0.500. The number of hydrogen-bond acceptors (Lipinski definition) is 1. The first-order chi connectivity index (χ1) is 7.58. The molecule has 1 aromatic carbocycles. The zero-order chi connectivity index (χ0) is 11.7. The normalized spacial score (nSPS) is 23.9. The maximum Gasteiger partial charge on any atom is 0.303 e. The molecular weight excluding hydrogens is 200 g/mol. The number of carbonyl (C=O) groups is 1. The molecule has 2 rings (SSSR count). The van der Waals surface area contributed by atoms with Crippen molar-refractivity contribution >= 4 is 5.97 Å². The molecule has 1 aromatic rings. The van der Waals surface area contributed by atoms with Crippen molar-refractivity contribution in [3.63, 3.8) is 0 Å². The molecule has 1 aliphatic rings. The molecule has 1 N–H and O–H groups in total. The van der Waals surface area contributed by atoms with Crippen molar-refractivity contribution in [2.45, 2.75) is 39.0 Å². The molecule has 0 bridgehead atoms. The lowest BCUT2D eigenvalue weighted by Crippen LogP contribution is -2.19. The van der Waals surface area contributed by atoms with Crippen LogP contribution >= 0.6 is 0 Å². The van der Waals surface area contributed by atoms with Crippen LogP contribution in [0, 0.1) is 12.8 Å². The summed E-state index contributed by atoms with van der Waals surface area (Å²) in [5.74, 6) is 0.112. The van der Waals surface area contributed by atoms with Crippen LogP contribution in [0.15, 0.2) is 18.2 Å². The summed E-state index contributed by atoms with van der Waals surface area (Å²) in [6.45, 7) is 4.33. The summed E-state index contributed by atoms with van der Waals surface area (Å²) in [5.41, 5.74) is 3.95. The summed E-state index contributed by atoms with van der Waals surface area (Å²) in [4.78, 5) is 10.9. The van der Waals surface area contributed by atoms with Gasteiger partial charge in [-0.15, -0.1) is 0 Å². The van der Waals surface area contributed by atoms with Gasteiger partial charge in [-0.1, -0.05) is 25.1 Å². The van der Waals surface area contributed by atoms with Gasteiger partial charge in [0.1, 0.15) is 0 Å². The summed E-state index contributed by atoms with van der Waals surface area (Å²) >= 11 is 0. The number of hydrogen-bond donors (Lipinski definition) is 1. The van der Waals surface area contributed by atoms with Gasteiger partial charge in [-0.05, 0) is 48.3 Å². The second kappa shape index (κ2) is 4.28. The Morgan fingerprint density at radius 3 is 2.94 bits per heavy atom. The predicted molar refractivity (Wildman–Crippen MR) is 63.7 cm³/mol. The zero-order valence-electron chi connectivity index (χ0n) is 9.86. The third-order valence-electron chi connectivity index (χ3n) is 3.55. The molecule has 86 valence electrons. The number of carboxylic acid groups (broad SMARTS) is 1. The van der Waals surface area contributed by atoms with E-state index in [1.54, 1.807) is 0 Å². The van der Waals surface area contributed by atoms with Gasteiger partial charge in [0.25, 0.3) is 0 Å². The third kappa shape index (κ3) is 2.11. The fourth-order valence-electron chi connectivity index (χ4n) is 2.83. The third-order valence-corrected chi connectivity index (χ3v) is 3.55. The van der Waals surface area contributed by atoms with Gasteiger partial charge in [-0.2, -0.15) is 0 Å². The number of aliphatic carboxylic acids is 1.